The third-order valence-corrected chi connectivity index (χ3v) is 4.75. The van der Waals surface area contributed by atoms with Gasteiger partial charge >= 0.3 is 0 Å². The second-order valence-corrected chi connectivity index (χ2v) is 6.49. The van der Waals surface area contributed by atoms with Crippen molar-refractivity contribution in [3.8, 4) is 0 Å². The van der Waals surface area contributed by atoms with Gasteiger partial charge in [0.05, 0.1) is 6.54 Å². The van der Waals surface area contributed by atoms with E-state index in [0.29, 0.717) is 12.0 Å². The van der Waals surface area contributed by atoms with E-state index in [-0.39, 0.29) is 0 Å². The van der Waals surface area contributed by atoms with Crippen LogP contribution < -0.4 is 0 Å². The Morgan fingerprint density at radius 2 is 2.14 bits per heavy atom. The molecule has 0 radical (unpaired) electrons. The lowest BCUT2D eigenvalue weighted by Gasteiger charge is -2.34. The summed E-state index contributed by atoms with van der Waals surface area (Å²) in [5, 5.41) is 12.7. The summed E-state index contributed by atoms with van der Waals surface area (Å²) >= 11 is 0. The molecule has 6 heteroatoms. The lowest BCUT2D eigenvalue weighted by atomic mass is 9.99. The first-order valence-corrected chi connectivity index (χ1v) is 8.42. The van der Waals surface area contributed by atoms with E-state index in [4.69, 9.17) is 4.42 Å². The van der Waals surface area contributed by atoms with Crippen LogP contribution in [0.3, 0.4) is 0 Å². The maximum absolute atomic E-state index is 5.83. The largest absolute Gasteiger partial charge is 0.424 e. The molecule has 2 fully saturated rings. The average Bonchev–Trinajstić information content (AvgIpc) is 3.07. The molecule has 1 aliphatic carbocycles. The van der Waals surface area contributed by atoms with Crippen molar-refractivity contribution in [3.63, 3.8) is 0 Å². The molecular formula is C16H23N5O. The van der Waals surface area contributed by atoms with Crippen LogP contribution in [0.1, 0.15) is 56.2 Å². The number of nitrogens with zero attached hydrogens (tertiary/aromatic N) is 5. The minimum absolute atomic E-state index is 0.540. The van der Waals surface area contributed by atoms with Gasteiger partial charge in [0.2, 0.25) is 11.8 Å². The number of aryl methyl sites for hydroxylation is 1. The number of piperidine rings is 1. The Morgan fingerprint density at radius 3 is 2.95 bits per heavy atom. The van der Waals surface area contributed by atoms with Gasteiger partial charge in [-0.3, -0.25) is 9.58 Å². The van der Waals surface area contributed by atoms with E-state index in [2.05, 4.69) is 20.2 Å². The molecule has 0 unspecified atom stereocenters. The highest BCUT2D eigenvalue weighted by Gasteiger charge is 2.30. The maximum Gasteiger partial charge on any atom is 0.230 e. The number of hydrogen-bond acceptors (Lipinski definition) is 5. The van der Waals surface area contributed by atoms with Crippen LogP contribution in [0.2, 0.25) is 0 Å². The van der Waals surface area contributed by atoms with Crippen molar-refractivity contribution in [1.82, 2.24) is 24.9 Å². The van der Waals surface area contributed by atoms with Crippen molar-refractivity contribution in [2.45, 2.75) is 63.6 Å². The molecule has 2 aromatic heterocycles. The highest BCUT2D eigenvalue weighted by molar-refractivity contribution is 5.00. The Kier molecular flexibility index (Phi) is 3.93. The van der Waals surface area contributed by atoms with Crippen LogP contribution >= 0.6 is 0 Å². The first kappa shape index (κ1) is 13.9. The Morgan fingerprint density at radius 1 is 1.18 bits per heavy atom. The highest BCUT2D eigenvalue weighted by Crippen LogP contribution is 2.39. The molecule has 118 valence electrons. The topological polar surface area (TPSA) is 60.0 Å². The van der Waals surface area contributed by atoms with Gasteiger partial charge in [-0.25, -0.2) is 0 Å². The number of aromatic nitrogens is 4. The van der Waals surface area contributed by atoms with E-state index in [1.807, 2.05) is 23.1 Å². The van der Waals surface area contributed by atoms with Crippen molar-refractivity contribution in [2.24, 2.45) is 0 Å². The summed E-state index contributed by atoms with van der Waals surface area (Å²) < 4.78 is 7.85. The lowest BCUT2D eigenvalue weighted by Crippen LogP contribution is -2.39. The fraction of sp³-hybridized carbons (Fsp3) is 0.688. The molecule has 1 atom stereocenters. The lowest BCUT2D eigenvalue weighted by molar-refractivity contribution is 0.115. The van der Waals surface area contributed by atoms with Crippen LogP contribution in [0.25, 0.3) is 0 Å². The fourth-order valence-corrected chi connectivity index (χ4v) is 3.31. The van der Waals surface area contributed by atoms with Gasteiger partial charge in [0, 0.05) is 30.9 Å². The van der Waals surface area contributed by atoms with Gasteiger partial charge in [-0.05, 0) is 44.7 Å². The van der Waals surface area contributed by atoms with Crippen LogP contribution in [-0.4, -0.2) is 37.5 Å². The fourth-order valence-electron chi connectivity index (χ4n) is 3.31. The first-order chi connectivity index (χ1) is 10.9. The van der Waals surface area contributed by atoms with Crippen LogP contribution in [0.15, 0.2) is 22.9 Å². The molecule has 1 aliphatic heterocycles. The standard InChI is InChI=1S/C16H23N5O/c1-2-9-20(12-15-18-19-16(22-15)13-5-6-13)14(4-1)7-11-21-10-3-8-17-21/h3,8,10,13-14H,1-2,4-7,9,11-12H2/t14-/m1/s1. The minimum atomic E-state index is 0.540. The summed E-state index contributed by atoms with van der Waals surface area (Å²) in [7, 11) is 0. The van der Waals surface area contributed by atoms with E-state index in [0.717, 1.165) is 37.8 Å². The molecule has 0 bridgehead atoms. The molecule has 4 rings (SSSR count). The maximum atomic E-state index is 5.83. The third-order valence-electron chi connectivity index (χ3n) is 4.75. The van der Waals surface area contributed by atoms with Crippen LogP contribution in [0.5, 0.6) is 0 Å². The highest BCUT2D eigenvalue weighted by atomic mass is 16.4. The van der Waals surface area contributed by atoms with E-state index in [1.54, 1.807) is 0 Å². The van der Waals surface area contributed by atoms with Gasteiger partial charge in [0.1, 0.15) is 0 Å². The summed E-state index contributed by atoms with van der Waals surface area (Å²) in [4.78, 5) is 2.51. The smallest absolute Gasteiger partial charge is 0.230 e. The molecule has 0 spiro atoms. The van der Waals surface area contributed by atoms with Crippen LogP contribution in [0.4, 0.5) is 0 Å². The van der Waals surface area contributed by atoms with Gasteiger partial charge in [0.25, 0.3) is 0 Å². The van der Waals surface area contributed by atoms with Gasteiger partial charge < -0.3 is 4.42 Å². The zero-order chi connectivity index (χ0) is 14.8. The molecule has 22 heavy (non-hydrogen) atoms. The zero-order valence-electron chi connectivity index (χ0n) is 12.9. The van der Waals surface area contributed by atoms with Gasteiger partial charge in [-0.15, -0.1) is 10.2 Å². The second-order valence-electron chi connectivity index (χ2n) is 6.49. The van der Waals surface area contributed by atoms with Gasteiger partial charge in [0.15, 0.2) is 0 Å². The first-order valence-electron chi connectivity index (χ1n) is 8.42. The van der Waals surface area contributed by atoms with Crippen molar-refractivity contribution >= 4 is 0 Å². The van der Waals surface area contributed by atoms with E-state index in [9.17, 15) is 0 Å². The molecule has 0 N–H and O–H groups in total. The van der Waals surface area contributed by atoms with Crippen molar-refractivity contribution in [1.29, 1.82) is 0 Å². The molecule has 1 saturated carbocycles. The van der Waals surface area contributed by atoms with Crippen molar-refractivity contribution in [3.05, 3.63) is 30.2 Å². The summed E-state index contributed by atoms with van der Waals surface area (Å²) in [5.41, 5.74) is 0. The SMILES string of the molecule is c1cnn(CC[C@H]2CCCCN2Cc2nnc(C3CC3)o2)c1. The molecule has 6 nitrogen and oxygen atoms in total. The molecule has 1 saturated heterocycles. The minimum Gasteiger partial charge on any atom is -0.424 e. The summed E-state index contributed by atoms with van der Waals surface area (Å²) in [6.45, 7) is 2.90. The predicted molar refractivity (Wildman–Crippen MR) is 81.2 cm³/mol. The van der Waals surface area contributed by atoms with Crippen LogP contribution in [-0.2, 0) is 13.1 Å². The second kappa shape index (κ2) is 6.20. The number of rotatable bonds is 6. The normalized spacial score (nSPS) is 23.0. The Bertz CT molecular complexity index is 589. The average molecular weight is 301 g/mol. The van der Waals surface area contributed by atoms with Crippen molar-refractivity contribution in [2.75, 3.05) is 6.54 Å². The number of likely N-dealkylation sites (tertiary alicyclic amines) is 1. The number of hydrogen-bond donors (Lipinski definition) is 0. The van der Waals surface area contributed by atoms with Crippen LogP contribution in [0, 0.1) is 0 Å². The van der Waals surface area contributed by atoms with E-state index >= 15 is 0 Å². The summed E-state index contributed by atoms with van der Waals surface area (Å²) in [6, 6.07) is 2.57. The monoisotopic (exact) mass is 301 g/mol. The van der Waals surface area contributed by atoms with Gasteiger partial charge in [-0.2, -0.15) is 5.10 Å². The Hall–Kier alpha value is -1.69. The quantitative estimate of drug-likeness (QED) is 0.820. The van der Waals surface area contributed by atoms with Crippen molar-refractivity contribution < 1.29 is 4.42 Å². The molecule has 2 aliphatic rings. The Labute approximate surface area is 130 Å². The molecule has 3 heterocycles. The zero-order valence-corrected chi connectivity index (χ0v) is 12.9. The van der Waals surface area contributed by atoms with Gasteiger partial charge in [-0.1, -0.05) is 6.42 Å². The van der Waals surface area contributed by atoms with E-state index < -0.39 is 0 Å². The summed E-state index contributed by atoms with van der Waals surface area (Å²) in [5.74, 6) is 2.17. The van der Waals surface area contributed by atoms with E-state index in [1.165, 1.54) is 32.1 Å². The molecule has 0 aromatic carbocycles. The Balaban J connectivity index is 1.36. The predicted octanol–water partition coefficient (Wildman–Crippen LogP) is 2.59. The molecule has 2 aromatic rings. The molecule has 0 amide bonds. The third kappa shape index (κ3) is 3.21. The molecular weight excluding hydrogens is 278 g/mol. The summed E-state index contributed by atoms with van der Waals surface area (Å²) in [6.07, 6.45) is 11.3.